The Hall–Kier alpha value is -2.54. The van der Waals surface area contributed by atoms with E-state index in [1.807, 2.05) is 60.7 Å². The Kier molecular flexibility index (Phi) is 8.23. The average molecular weight is 317 g/mol. The average Bonchev–Trinajstić information content (AvgIpc) is 2.56. The first-order chi connectivity index (χ1) is 11.0. The van der Waals surface area contributed by atoms with E-state index in [0.29, 0.717) is 0 Å². The molecule has 0 bridgehead atoms. The summed E-state index contributed by atoms with van der Waals surface area (Å²) in [5.74, 6) is -0.943. The zero-order valence-corrected chi connectivity index (χ0v) is 12.4. The normalized spacial score (nSPS) is 9.87. The smallest absolute Gasteiger partial charge is 0.317 e. The summed E-state index contributed by atoms with van der Waals surface area (Å²) in [5, 5.41) is 26.6. The van der Waals surface area contributed by atoms with Gasteiger partial charge in [-0.2, -0.15) is 0 Å². The van der Waals surface area contributed by atoms with Crippen LogP contribution in [-0.2, 0) is 4.79 Å². The molecule has 0 saturated heterocycles. The summed E-state index contributed by atoms with van der Waals surface area (Å²) < 4.78 is 0. The van der Waals surface area contributed by atoms with Gasteiger partial charge >= 0.3 is 5.97 Å². The maximum Gasteiger partial charge on any atom is 0.317 e. The molecule has 6 heteroatoms. The summed E-state index contributed by atoms with van der Waals surface area (Å²) in [6, 6.07) is 18.6. The predicted molar refractivity (Wildman–Crippen MR) is 85.0 cm³/mol. The van der Waals surface area contributed by atoms with Crippen molar-refractivity contribution in [3.8, 4) is 0 Å². The van der Waals surface area contributed by atoms with E-state index in [-0.39, 0.29) is 18.9 Å². The van der Waals surface area contributed by atoms with E-state index in [4.69, 9.17) is 15.3 Å². The lowest BCUT2D eigenvalue weighted by Gasteiger charge is -2.01. The van der Waals surface area contributed by atoms with Gasteiger partial charge in [-0.05, 0) is 0 Å². The highest BCUT2D eigenvalue weighted by atomic mass is 16.5. The van der Waals surface area contributed by atoms with Crippen LogP contribution in [0.2, 0.25) is 0 Å². The minimum absolute atomic E-state index is 0.0752. The van der Waals surface area contributed by atoms with Crippen LogP contribution in [0.25, 0.3) is 0 Å². The number of rotatable bonds is 6. The first-order valence-electron chi connectivity index (χ1n) is 6.94. The van der Waals surface area contributed by atoms with Gasteiger partial charge in [0.05, 0.1) is 6.54 Å². The number of benzene rings is 2. The lowest BCUT2D eigenvalue weighted by molar-refractivity contribution is -0.136. The molecule has 2 rings (SSSR count). The Morgan fingerprint density at radius 1 is 0.870 bits per heavy atom. The highest BCUT2D eigenvalue weighted by Gasteiger charge is 2.06. The molecule has 2 aromatic rings. The number of carbonyl (C=O) groups excluding carboxylic acids is 1. The summed E-state index contributed by atoms with van der Waals surface area (Å²) in [7, 11) is 0. The van der Waals surface area contributed by atoms with Crippen molar-refractivity contribution in [1.82, 2.24) is 5.32 Å². The van der Waals surface area contributed by atoms with Crippen molar-refractivity contribution >= 4 is 11.8 Å². The maximum absolute atomic E-state index is 11.8. The molecule has 2 aromatic carbocycles. The molecule has 0 unspecified atom stereocenters. The van der Waals surface area contributed by atoms with Crippen LogP contribution in [0.4, 0.5) is 0 Å². The highest BCUT2D eigenvalue weighted by molar-refractivity contribution is 6.08. The molecule has 23 heavy (non-hydrogen) atoms. The van der Waals surface area contributed by atoms with Crippen molar-refractivity contribution in [2.24, 2.45) is 0 Å². The summed E-state index contributed by atoms with van der Waals surface area (Å²) >= 11 is 0. The molecule has 0 fully saturated rings. The molecular weight excluding hydrogens is 298 g/mol. The molecule has 0 amide bonds. The topological polar surface area (TPSA) is 107 Å². The molecule has 0 aromatic heterocycles. The van der Waals surface area contributed by atoms with Gasteiger partial charge < -0.3 is 20.6 Å². The van der Waals surface area contributed by atoms with E-state index in [1.165, 1.54) is 0 Å². The molecular formula is C17H19NO5. The fourth-order valence-corrected chi connectivity index (χ4v) is 1.65. The van der Waals surface area contributed by atoms with Gasteiger partial charge in [0.1, 0.15) is 0 Å². The Labute approximate surface area is 134 Å². The van der Waals surface area contributed by atoms with Gasteiger partial charge in [0.2, 0.25) is 0 Å². The summed E-state index contributed by atoms with van der Waals surface area (Å²) in [6.07, 6.45) is -1.48. The number of carboxylic acids is 1. The van der Waals surface area contributed by atoms with E-state index in [2.05, 4.69) is 5.32 Å². The first-order valence-corrected chi connectivity index (χ1v) is 6.94. The first kappa shape index (κ1) is 18.5. The van der Waals surface area contributed by atoms with Crippen LogP contribution >= 0.6 is 0 Å². The molecule has 122 valence electrons. The summed E-state index contributed by atoms with van der Waals surface area (Å²) in [6.45, 7) is -0.371. The number of carboxylic acid groups (broad SMARTS) is 1. The zero-order valence-electron chi connectivity index (χ0n) is 12.4. The third-order valence-corrected chi connectivity index (χ3v) is 2.68. The second-order valence-electron chi connectivity index (χ2n) is 4.57. The molecule has 4 N–H and O–H groups in total. The standard InChI is InChI=1S/C13H10O.C4H9NO4/c14-13(11-7-3-1-4-8-11)12-9-5-2-6-10-12;6-3(7)1-5-2-4(8)9/h1-10H;3,5-7H,1-2H2,(H,8,9). The van der Waals surface area contributed by atoms with Gasteiger partial charge in [0.25, 0.3) is 0 Å². The minimum Gasteiger partial charge on any atom is -0.480 e. The Morgan fingerprint density at radius 3 is 1.65 bits per heavy atom. The number of aliphatic hydroxyl groups excluding tert-OH is 1. The van der Waals surface area contributed by atoms with Crippen molar-refractivity contribution in [3.05, 3.63) is 71.8 Å². The molecule has 6 nitrogen and oxygen atoms in total. The summed E-state index contributed by atoms with van der Waals surface area (Å²) in [4.78, 5) is 21.6. The third-order valence-electron chi connectivity index (χ3n) is 2.68. The Balaban J connectivity index is 0.000000257. The third kappa shape index (κ3) is 7.87. The molecule has 0 radical (unpaired) electrons. The lowest BCUT2D eigenvalue weighted by Crippen LogP contribution is -2.30. The molecule has 0 saturated carbocycles. The van der Waals surface area contributed by atoms with Crippen LogP contribution in [-0.4, -0.2) is 46.5 Å². The van der Waals surface area contributed by atoms with E-state index < -0.39 is 12.3 Å². The molecule has 0 aliphatic rings. The monoisotopic (exact) mass is 317 g/mol. The van der Waals surface area contributed by atoms with E-state index in [1.54, 1.807) is 0 Å². The number of aliphatic carboxylic acids is 1. The van der Waals surface area contributed by atoms with Gasteiger partial charge in [0, 0.05) is 17.7 Å². The van der Waals surface area contributed by atoms with Gasteiger partial charge in [-0.15, -0.1) is 0 Å². The second kappa shape index (κ2) is 10.2. The van der Waals surface area contributed by atoms with Crippen molar-refractivity contribution in [1.29, 1.82) is 0 Å². The minimum atomic E-state index is -1.48. The molecule has 0 spiro atoms. The molecule has 0 aliphatic carbocycles. The fourth-order valence-electron chi connectivity index (χ4n) is 1.65. The molecule has 0 aliphatic heterocycles. The van der Waals surface area contributed by atoms with Crippen LogP contribution < -0.4 is 5.32 Å². The van der Waals surface area contributed by atoms with Gasteiger partial charge in [-0.3, -0.25) is 9.59 Å². The quantitative estimate of drug-likeness (QED) is 0.466. The second-order valence-corrected chi connectivity index (χ2v) is 4.57. The lowest BCUT2D eigenvalue weighted by atomic mass is 10.0. The number of hydrogen-bond acceptors (Lipinski definition) is 5. The number of aliphatic hydroxyl groups is 2. The Morgan fingerprint density at radius 2 is 1.30 bits per heavy atom. The summed E-state index contributed by atoms with van der Waals surface area (Å²) in [5.41, 5.74) is 1.47. The molecule has 0 heterocycles. The van der Waals surface area contributed by atoms with Crippen LogP contribution in [0.15, 0.2) is 60.7 Å². The van der Waals surface area contributed by atoms with Crippen molar-refractivity contribution in [3.63, 3.8) is 0 Å². The van der Waals surface area contributed by atoms with Crippen LogP contribution in [0.3, 0.4) is 0 Å². The van der Waals surface area contributed by atoms with E-state index in [0.717, 1.165) is 11.1 Å². The van der Waals surface area contributed by atoms with E-state index >= 15 is 0 Å². The zero-order chi connectivity index (χ0) is 17.1. The van der Waals surface area contributed by atoms with Crippen LogP contribution in [0, 0.1) is 0 Å². The van der Waals surface area contributed by atoms with E-state index in [9.17, 15) is 9.59 Å². The molecule has 0 atom stereocenters. The van der Waals surface area contributed by atoms with Crippen LogP contribution in [0.1, 0.15) is 15.9 Å². The maximum atomic E-state index is 11.8. The number of hydrogen-bond donors (Lipinski definition) is 4. The van der Waals surface area contributed by atoms with Gasteiger partial charge in [0.15, 0.2) is 12.1 Å². The van der Waals surface area contributed by atoms with Crippen LogP contribution in [0.5, 0.6) is 0 Å². The van der Waals surface area contributed by atoms with Crippen molar-refractivity contribution in [2.45, 2.75) is 6.29 Å². The SMILES string of the molecule is O=C(O)CNCC(O)O.O=C(c1ccccc1)c1ccccc1. The number of nitrogens with one attached hydrogen (secondary N) is 1. The van der Waals surface area contributed by atoms with Crippen molar-refractivity contribution < 1.29 is 24.9 Å². The predicted octanol–water partition coefficient (Wildman–Crippen LogP) is 0.889. The van der Waals surface area contributed by atoms with Crippen molar-refractivity contribution in [2.75, 3.05) is 13.1 Å². The highest BCUT2D eigenvalue weighted by Crippen LogP contribution is 2.08. The van der Waals surface area contributed by atoms with Gasteiger partial charge in [-0.1, -0.05) is 60.7 Å². The largest absolute Gasteiger partial charge is 0.480 e. The van der Waals surface area contributed by atoms with Gasteiger partial charge in [-0.25, -0.2) is 0 Å². The number of ketones is 1. The Bertz CT molecular complexity index is 557. The number of carbonyl (C=O) groups is 2. The fraction of sp³-hybridized carbons (Fsp3) is 0.176.